The van der Waals surface area contributed by atoms with Crippen LogP contribution in [0.4, 0.5) is 0 Å². The number of hydrogen-bond acceptors (Lipinski definition) is 4. The lowest BCUT2D eigenvalue weighted by Gasteiger charge is -2.62. The minimum Gasteiger partial charge on any atom is -0.469 e. The molecule has 0 bridgehead atoms. The molecule has 0 saturated heterocycles. The second-order valence-electron chi connectivity index (χ2n) is 11.5. The summed E-state index contributed by atoms with van der Waals surface area (Å²) in [5.74, 6) is 3.17. The van der Waals surface area contributed by atoms with E-state index in [-0.39, 0.29) is 23.6 Å². The van der Waals surface area contributed by atoms with Crippen molar-refractivity contribution in [3.63, 3.8) is 0 Å². The Morgan fingerprint density at radius 3 is 2.45 bits per heavy atom. The molecule has 0 radical (unpaired) electrons. The summed E-state index contributed by atoms with van der Waals surface area (Å²) < 4.78 is 4.86. The third-order valence-electron chi connectivity index (χ3n) is 10.4. The van der Waals surface area contributed by atoms with Gasteiger partial charge in [-0.3, -0.25) is 4.79 Å². The molecule has 4 fully saturated rings. The van der Waals surface area contributed by atoms with Gasteiger partial charge < -0.3 is 14.9 Å². The van der Waals surface area contributed by atoms with Crippen molar-refractivity contribution in [1.82, 2.24) is 0 Å². The SMILES string of the molecule is COC(=O)CCC(C)[C@H]1CC[C@H]2[C@@H]3C(O)C[C@@H]4C[C@H](O)CCC4(C)C3CCC12C. The number of carbonyl (C=O) groups is 1. The highest BCUT2D eigenvalue weighted by atomic mass is 16.5. The Morgan fingerprint density at radius 1 is 1.03 bits per heavy atom. The molecule has 10 atom stereocenters. The maximum absolute atomic E-state index is 11.6. The molecule has 4 saturated carbocycles. The smallest absolute Gasteiger partial charge is 0.305 e. The summed E-state index contributed by atoms with van der Waals surface area (Å²) in [6.45, 7) is 7.29. The first-order valence-electron chi connectivity index (χ1n) is 12.1. The first kappa shape index (κ1) is 21.6. The Hall–Kier alpha value is -0.610. The van der Waals surface area contributed by atoms with Crippen LogP contribution < -0.4 is 0 Å². The standard InChI is InChI=1S/C25H42O4/c1-15(5-8-22(28)29-4)18-6-7-19-23-20(10-12-25(18,19)3)24(2)11-9-17(26)13-16(24)14-21(23)27/h15-21,23,26-27H,5-14H2,1-4H3/t15?,16-,17+,18+,19-,20?,21?,23-,24?,25?/m0/s1. The zero-order chi connectivity index (χ0) is 21.0. The second-order valence-corrected chi connectivity index (χ2v) is 11.5. The Kier molecular flexibility index (Phi) is 5.83. The van der Waals surface area contributed by atoms with E-state index in [9.17, 15) is 15.0 Å². The zero-order valence-electron chi connectivity index (χ0n) is 18.9. The van der Waals surface area contributed by atoms with Crippen LogP contribution >= 0.6 is 0 Å². The molecule has 29 heavy (non-hydrogen) atoms. The Labute approximate surface area is 176 Å². The molecule has 2 N–H and O–H groups in total. The van der Waals surface area contributed by atoms with Crippen molar-refractivity contribution in [2.75, 3.05) is 7.11 Å². The van der Waals surface area contributed by atoms with Crippen LogP contribution in [0.25, 0.3) is 0 Å². The van der Waals surface area contributed by atoms with Gasteiger partial charge in [0, 0.05) is 6.42 Å². The van der Waals surface area contributed by atoms with Gasteiger partial charge in [0.05, 0.1) is 19.3 Å². The van der Waals surface area contributed by atoms with E-state index in [0.717, 1.165) is 32.1 Å². The van der Waals surface area contributed by atoms with Gasteiger partial charge in [0.2, 0.25) is 0 Å². The van der Waals surface area contributed by atoms with E-state index in [1.165, 1.54) is 32.8 Å². The van der Waals surface area contributed by atoms with Crippen molar-refractivity contribution in [2.45, 2.75) is 97.2 Å². The van der Waals surface area contributed by atoms with Crippen molar-refractivity contribution in [2.24, 2.45) is 46.3 Å². The van der Waals surface area contributed by atoms with E-state index in [0.29, 0.717) is 47.3 Å². The summed E-state index contributed by atoms with van der Waals surface area (Å²) in [5, 5.41) is 21.5. The van der Waals surface area contributed by atoms with Gasteiger partial charge in [-0.25, -0.2) is 0 Å². The molecule has 0 aromatic carbocycles. The number of rotatable bonds is 4. The highest BCUT2D eigenvalue weighted by molar-refractivity contribution is 5.69. The average Bonchev–Trinajstić information content (AvgIpc) is 3.04. The Balaban J connectivity index is 1.53. The maximum Gasteiger partial charge on any atom is 0.305 e. The van der Waals surface area contributed by atoms with E-state index >= 15 is 0 Å². The van der Waals surface area contributed by atoms with Crippen molar-refractivity contribution in [1.29, 1.82) is 0 Å². The van der Waals surface area contributed by atoms with Gasteiger partial charge >= 0.3 is 5.97 Å². The van der Waals surface area contributed by atoms with Crippen molar-refractivity contribution >= 4 is 5.97 Å². The van der Waals surface area contributed by atoms with Crippen LogP contribution in [0.1, 0.15) is 85.0 Å². The first-order chi connectivity index (χ1) is 13.7. The van der Waals surface area contributed by atoms with Gasteiger partial charge in [-0.15, -0.1) is 0 Å². The second kappa shape index (κ2) is 7.82. The molecule has 5 unspecified atom stereocenters. The van der Waals surface area contributed by atoms with E-state index in [4.69, 9.17) is 4.74 Å². The number of esters is 1. The van der Waals surface area contributed by atoms with Crippen molar-refractivity contribution in [3.8, 4) is 0 Å². The normalized spacial score (nSPS) is 50.2. The van der Waals surface area contributed by atoms with Crippen LogP contribution in [0, 0.1) is 46.3 Å². The summed E-state index contributed by atoms with van der Waals surface area (Å²) in [7, 11) is 1.48. The number of fused-ring (bicyclic) bond motifs is 5. The zero-order valence-corrected chi connectivity index (χ0v) is 18.9. The number of hydrogen-bond donors (Lipinski definition) is 2. The molecule has 0 aliphatic heterocycles. The number of aliphatic hydroxyl groups is 2. The molecule has 166 valence electrons. The van der Waals surface area contributed by atoms with Crippen LogP contribution in [0.15, 0.2) is 0 Å². The fraction of sp³-hybridized carbons (Fsp3) is 0.960. The maximum atomic E-state index is 11.6. The van der Waals surface area contributed by atoms with Gasteiger partial charge in [0.1, 0.15) is 0 Å². The van der Waals surface area contributed by atoms with Crippen LogP contribution in [-0.2, 0) is 9.53 Å². The summed E-state index contributed by atoms with van der Waals surface area (Å²) in [5.41, 5.74) is 0.577. The van der Waals surface area contributed by atoms with Gasteiger partial charge in [-0.05, 0) is 104 Å². The molecule has 0 aromatic rings. The molecule has 4 aliphatic carbocycles. The van der Waals surface area contributed by atoms with Crippen LogP contribution in [0.5, 0.6) is 0 Å². The van der Waals surface area contributed by atoms with Crippen LogP contribution in [-0.4, -0.2) is 35.5 Å². The summed E-state index contributed by atoms with van der Waals surface area (Å²) in [4.78, 5) is 11.6. The number of ether oxygens (including phenoxy) is 1. The number of aliphatic hydroxyl groups excluding tert-OH is 2. The van der Waals surface area contributed by atoms with Crippen LogP contribution in [0.2, 0.25) is 0 Å². The lowest BCUT2D eigenvalue weighted by atomic mass is 9.43. The quantitative estimate of drug-likeness (QED) is 0.671. The highest BCUT2D eigenvalue weighted by Crippen LogP contribution is 2.68. The summed E-state index contributed by atoms with van der Waals surface area (Å²) >= 11 is 0. The highest BCUT2D eigenvalue weighted by Gasteiger charge is 2.62. The third-order valence-corrected chi connectivity index (χ3v) is 10.4. The van der Waals surface area contributed by atoms with E-state index in [1.807, 2.05) is 0 Å². The van der Waals surface area contributed by atoms with E-state index < -0.39 is 0 Å². The minimum atomic E-state index is -0.211. The number of carbonyl (C=O) groups excluding carboxylic acids is 1. The van der Waals surface area contributed by atoms with Gasteiger partial charge in [-0.1, -0.05) is 20.8 Å². The molecular formula is C25H42O4. The topological polar surface area (TPSA) is 66.8 Å². The molecule has 4 rings (SSSR count). The van der Waals surface area contributed by atoms with Crippen molar-refractivity contribution < 1.29 is 19.7 Å². The largest absolute Gasteiger partial charge is 0.469 e. The lowest BCUT2D eigenvalue weighted by Crippen LogP contribution is -2.58. The Morgan fingerprint density at radius 2 is 1.72 bits per heavy atom. The lowest BCUT2D eigenvalue weighted by molar-refractivity contribution is -0.174. The van der Waals surface area contributed by atoms with E-state index in [1.54, 1.807) is 0 Å². The molecular weight excluding hydrogens is 364 g/mol. The number of methoxy groups -OCH3 is 1. The van der Waals surface area contributed by atoms with E-state index in [2.05, 4.69) is 20.8 Å². The Bertz CT molecular complexity index is 620. The molecule has 4 nitrogen and oxygen atoms in total. The fourth-order valence-corrected chi connectivity index (χ4v) is 8.82. The van der Waals surface area contributed by atoms with Crippen molar-refractivity contribution in [3.05, 3.63) is 0 Å². The van der Waals surface area contributed by atoms with Gasteiger partial charge in [0.25, 0.3) is 0 Å². The monoisotopic (exact) mass is 406 g/mol. The summed E-state index contributed by atoms with van der Waals surface area (Å²) in [6.07, 6.45) is 9.80. The average molecular weight is 407 g/mol. The fourth-order valence-electron chi connectivity index (χ4n) is 8.82. The molecule has 4 aliphatic rings. The molecule has 0 heterocycles. The van der Waals surface area contributed by atoms with Gasteiger partial charge in [-0.2, -0.15) is 0 Å². The third kappa shape index (κ3) is 3.46. The molecule has 4 heteroatoms. The van der Waals surface area contributed by atoms with Crippen LogP contribution in [0.3, 0.4) is 0 Å². The molecule has 0 aromatic heterocycles. The predicted molar refractivity (Wildman–Crippen MR) is 113 cm³/mol. The minimum absolute atomic E-state index is 0.0959. The first-order valence-corrected chi connectivity index (χ1v) is 12.1. The predicted octanol–water partition coefficient (Wildman–Crippen LogP) is 4.57. The summed E-state index contributed by atoms with van der Waals surface area (Å²) in [6, 6.07) is 0. The molecule has 0 amide bonds. The van der Waals surface area contributed by atoms with Gasteiger partial charge in [0.15, 0.2) is 0 Å². The molecule has 0 spiro atoms.